The van der Waals surface area contributed by atoms with Crippen molar-refractivity contribution in [2.45, 2.75) is 25.3 Å². The van der Waals surface area contributed by atoms with Crippen molar-refractivity contribution in [2.75, 3.05) is 19.7 Å². The van der Waals surface area contributed by atoms with E-state index in [0.717, 1.165) is 13.0 Å². The summed E-state index contributed by atoms with van der Waals surface area (Å²) in [4.78, 5) is 11.6. The fourth-order valence-corrected chi connectivity index (χ4v) is 2.33. The van der Waals surface area contributed by atoms with Crippen LogP contribution in [0, 0.1) is 0 Å². The van der Waals surface area contributed by atoms with E-state index in [-0.39, 0.29) is 12.5 Å². The third-order valence-corrected chi connectivity index (χ3v) is 3.38. The minimum Gasteiger partial charge on any atom is -0.484 e. The Morgan fingerprint density at radius 2 is 2.42 bits per heavy atom. The van der Waals surface area contributed by atoms with Gasteiger partial charge in [-0.2, -0.15) is 0 Å². The van der Waals surface area contributed by atoms with Gasteiger partial charge in [0.05, 0.1) is 0 Å². The molecule has 0 aromatic heterocycles. The van der Waals surface area contributed by atoms with E-state index in [1.165, 1.54) is 12.8 Å². The van der Waals surface area contributed by atoms with Crippen molar-refractivity contribution in [1.82, 2.24) is 10.6 Å². The number of carbonyl (C=O) groups is 1. The van der Waals surface area contributed by atoms with Gasteiger partial charge in [-0.3, -0.25) is 4.79 Å². The monoisotopic (exact) mass is 282 g/mol. The molecule has 5 heteroatoms. The van der Waals surface area contributed by atoms with Gasteiger partial charge >= 0.3 is 0 Å². The molecule has 1 aliphatic rings. The van der Waals surface area contributed by atoms with Crippen LogP contribution >= 0.6 is 11.6 Å². The third kappa shape index (κ3) is 5.09. The molecule has 1 aliphatic heterocycles. The Bertz CT molecular complexity index is 420. The maximum Gasteiger partial charge on any atom is 0.257 e. The summed E-state index contributed by atoms with van der Waals surface area (Å²) in [7, 11) is 0. The Balaban J connectivity index is 1.61. The number of nitrogens with one attached hydrogen (secondary N) is 2. The number of halogens is 1. The molecule has 1 atom stereocenters. The predicted octanol–water partition coefficient (Wildman–Crippen LogP) is 1.98. The van der Waals surface area contributed by atoms with Gasteiger partial charge in [0.1, 0.15) is 5.75 Å². The standard InChI is InChI=1S/C14H19ClN2O2/c15-11-3-1-5-13(9-11)19-10-14(18)17-8-6-12-4-2-7-16-12/h1,3,5,9,12,16H,2,4,6-8,10H2,(H,17,18)/t12-/m1/s1. The van der Waals surface area contributed by atoms with Gasteiger partial charge in [-0.15, -0.1) is 0 Å². The molecule has 1 amide bonds. The van der Waals surface area contributed by atoms with E-state index in [1.54, 1.807) is 24.3 Å². The molecule has 1 aromatic rings. The van der Waals surface area contributed by atoms with Crippen LogP contribution in [-0.2, 0) is 4.79 Å². The fourth-order valence-electron chi connectivity index (χ4n) is 2.15. The summed E-state index contributed by atoms with van der Waals surface area (Å²) >= 11 is 5.83. The van der Waals surface area contributed by atoms with Crippen LogP contribution in [0.1, 0.15) is 19.3 Å². The Labute approximate surface area is 118 Å². The summed E-state index contributed by atoms with van der Waals surface area (Å²) in [6.45, 7) is 1.81. The Morgan fingerprint density at radius 1 is 1.53 bits per heavy atom. The van der Waals surface area contributed by atoms with E-state index < -0.39 is 0 Å². The summed E-state index contributed by atoms with van der Waals surface area (Å²) in [5.41, 5.74) is 0. The van der Waals surface area contributed by atoms with Crippen molar-refractivity contribution < 1.29 is 9.53 Å². The molecule has 0 saturated carbocycles. The van der Waals surface area contributed by atoms with E-state index >= 15 is 0 Å². The molecule has 104 valence electrons. The van der Waals surface area contributed by atoms with Gasteiger partial charge in [-0.25, -0.2) is 0 Å². The van der Waals surface area contributed by atoms with Gasteiger partial charge in [0.2, 0.25) is 0 Å². The van der Waals surface area contributed by atoms with Crippen LogP contribution in [0.5, 0.6) is 5.75 Å². The highest BCUT2D eigenvalue weighted by atomic mass is 35.5. The van der Waals surface area contributed by atoms with Crippen molar-refractivity contribution in [3.63, 3.8) is 0 Å². The third-order valence-electron chi connectivity index (χ3n) is 3.14. The van der Waals surface area contributed by atoms with Crippen LogP contribution in [0.25, 0.3) is 0 Å². The zero-order valence-corrected chi connectivity index (χ0v) is 11.6. The average molecular weight is 283 g/mol. The summed E-state index contributed by atoms with van der Waals surface area (Å²) < 4.78 is 5.36. The highest BCUT2D eigenvalue weighted by Gasteiger charge is 2.13. The summed E-state index contributed by atoms with van der Waals surface area (Å²) in [6.07, 6.45) is 3.41. The SMILES string of the molecule is O=C(COc1cccc(Cl)c1)NCC[C@H]1CCCN1. The number of hydrogen-bond donors (Lipinski definition) is 2. The van der Waals surface area contributed by atoms with Crippen LogP contribution < -0.4 is 15.4 Å². The van der Waals surface area contributed by atoms with Crippen molar-refractivity contribution in [2.24, 2.45) is 0 Å². The van der Waals surface area contributed by atoms with Gasteiger partial charge < -0.3 is 15.4 Å². The maximum atomic E-state index is 11.6. The first-order valence-corrected chi connectivity index (χ1v) is 7.00. The molecule has 2 N–H and O–H groups in total. The average Bonchev–Trinajstić information content (AvgIpc) is 2.90. The van der Waals surface area contributed by atoms with Crippen molar-refractivity contribution >= 4 is 17.5 Å². The summed E-state index contributed by atoms with van der Waals surface area (Å²) in [5, 5.41) is 6.86. The Kier molecular flexibility index (Phi) is 5.48. The van der Waals surface area contributed by atoms with Crippen LogP contribution in [0.2, 0.25) is 5.02 Å². The highest BCUT2D eigenvalue weighted by molar-refractivity contribution is 6.30. The Hall–Kier alpha value is -1.26. The second-order valence-corrected chi connectivity index (χ2v) is 5.11. The van der Waals surface area contributed by atoms with Crippen molar-refractivity contribution in [3.8, 4) is 5.75 Å². The number of amides is 1. The summed E-state index contributed by atoms with van der Waals surface area (Å²) in [5.74, 6) is 0.512. The largest absolute Gasteiger partial charge is 0.484 e. The van der Waals surface area contributed by atoms with E-state index in [2.05, 4.69) is 10.6 Å². The van der Waals surface area contributed by atoms with Gasteiger partial charge in [0.15, 0.2) is 6.61 Å². The fraction of sp³-hybridized carbons (Fsp3) is 0.500. The number of rotatable bonds is 6. The number of carbonyl (C=O) groups excluding carboxylic acids is 1. The van der Waals surface area contributed by atoms with Gasteiger partial charge in [-0.05, 0) is 44.0 Å². The van der Waals surface area contributed by atoms with E-state index in [0.29, 0.717) is 23.4 Å². The van der Waals surface area contributed by atoms with Gasteiger partial charge in [-0.1, -0.05) is 17.7 Å². The van der Waals surface area contributed by atoms with Crippen LogP contribution in [0.3, 0.4) is 0 Å². The molecule has 19 heavy (non-hydrogen) atoms. The lowest BCUT2D eigenvalue weighted by Gasteiger charge is -2.11. The second-order valence-electron chi connectivity index (χ2n) is 4.68. The molecule has 0 bridgehead atoms. The van der Waals surface area contributed by atoms with Crippen LogP contribution in [0.4, 0.5) is 0 Å². The maximum absolute atomic E-state index is 11.6. The lowest BCUT2D eigenvalue weighted by molar-refractivity contribution is -0.123. The van der Waals surface area contributed by atoms with Gasteiger partial charge in [0.25, 0.3) is 5.91 Å². The first kappa shape index (κ1) is 14.2. The van der Waals surface area contributed by atoms with E-state index in [9.17, 15) is 4.79 Å². The molecule has 0 unspecified atom stereocenters. The van der Waals surface area contributed by atoms with Crippen LogP contribution in [-0.4, -0.2) is 31.6 Å². The highest BCUT2D eigenvalue weighted by Crippen LogP contribution is 2.16. The first-order chi connectivity index (χ1) is 9.24. The molecule has 0 spiro atoms. The normalized spacial score (nSPS) is 18.3. The minimum atomic E-state index is -0.0991. The first-order valence-electron chi connectivity index (χ1n) is 6.62. The summed E-state index contributed by atoms with van der Waals surface area (Å²) in [6, 6.07) is 7.58. The molecule has 0 radical (unpaired) electrons. The Morgan fingerprint density at radius 3 is 3.16 bits per heavy atom. The number of benzene rings is 1. The lowest BCUT2D eigenvalue weighted by atomic mass is 10.1. The smallest absolute Gasteiger partial charge is 0.257 e. The van der Waals surface area contributed by atoms with E-state index in [1.807, 2.05) is 0 Å². The zero-order chi connectivity index (χ0) is 13.5. The molecule has 1 fully saturated rings. The topological polar surface area (TPSA) is 50.4 Å². The molecular formula is C14H19ClN2O2. The lowest BCUT2D eigenvalue weighted by Crippen LogP contribution is -2.33. The van der Waals surface area contributed by atoms with E-state index in [4.69, 9.17) is 16.3 Å². The molecule has 1 heterocycles. The van der Waals surface area contributed by atoms with Crippen molar-refractivity contribution in [1.29, 1.82) is 0 Å². The zero-order valence-electron chi connectivity index (χ0n) is 10.8. The molecule has 1 saturated heterocycles. The quantitative estimate of drug-likeness (QED) is 0.839. The van der Waals surface area contributed by atoms with Gasteiger partial charge in [0, 0.05) is 17.6 Å². The second kappa shape index (κ2) is 7.36. The number of ether oxygens (including phenoxy) is 1. The molecule has 2 rings (SSSR count). The predicted molar refractivity (Wildman–Crippen MR) is 75.6 cm³/mol. The molecular weight excluding hydrogens is 264 g/mol. The number of hydrogen-bond acceptors (Lipinski definition) is 3. The molecule has 0 aliphatic carbocycles. The molecule has 1 aromatic carbocycles. The molecule has 4 nitrogen and oxygen atoms in total. The minimum absolute atomic E-state index is 0.0262. The van der Waals surface area contributed by atoms with Crippen LogP contribution in [0.15, 0.2) is 24.3 Å². The van der Waals surface area contributed by atoms with Crippen molar-refractivity contribution in [3.05, 3.63) is 29.3 Å².